The van der Waals surface area contributed by atoms with Gasteiger partial charge in [-0.15, -0.1) is 0 Å². The molecule has 0 saturated carbocycles. The molecule has 4 N–H and O–H groups in total. The quantitative estimate of drug-likeness (QED) is 0.305. The number of dihydropyridines is 1. The van der Waals surface area contributed by atoms with E-state index in [-0.39, 0.29) is 0 Å². The van der Waals surface area contributed by atoms with E-state index in [1.165, 1.54) is 25.7 Å². The maximum atomic E-state index is 5.90. The second-order valence-electron chi connectivity index (χ2n) is 4.70. The molecule has 0 amide bonds. The molecule has 0 unspecified atom stereocenters. The highest BCUT2D eigenvalue weighted by atomic mass is 32.1. The highest BCUT2D eigenvalue weighted by molar-refractivity contribution is 7.80. The van der Waals surface area contributed by atoms with E-state index in [1.54, 1.807) is 0 Å². The van der Waals surface area contributed by atoms with Crippen molar-refractivity contribution >= 4 is 23.2 Å². The first-order valence-electron chi connectivity index (χ1n) is 6.76. The number of allylic oxidation sites excluding steroid dienone is 2. The van der Waals surface area contributed by atoms with Gasteiger partial charge in [0.2, 0.25) is 0 Å². The number of hydrazone groups is 1. The van der Waals surface area contributed by atoms with Gasteiger partial charge in [-0.2, -0.15) is 5.10 Å². The second kappa shape index (κ2) is 7.13. The summed E-state index contributed by atoms with van der Waals surface area (Å²) in [7, 11) is 0. The average Bonchev–Trinajstić information content (AvgIpc) is 2.74. The van der Waals surface area contributed by atoms with Crippen LogP contribution in [0.5, 0.6) is 0 Å². The molecule has 2 aliphatic heterocycles. The van der Waals surface area contributed by atoms with Gasteiger partial charge in [-0.3, -0.25) is 5.43 Å². The van der Waals surface area contributed by atoms with Crippen LogP contribution in [-0.4, -0.2) is 35.5 Å². The molecule has 2 rings (SSSR count). The first-order chi connectivity index (χ1) is 9.27. The van der Waals surface area contributed by atoms with E-state index >= 15 is 0 Å². The van der Waals surface area contributed by atoms with Crippen LogP contribution in [0.25, 0.3) is 0 Å². The van der Waals surface area contributed by atoms with E-state index in [9.17, 15) is 0 Å². The molecule has 0 aliphatic carbocycles. The highest BCUT2D eigenvalue weighted by Gasteiger charge is 2.12. The SMILES string of the molecule is NC(=NNC(=S)N1CCCCCC1)C1=CC=CCN1. The summed E-state index contributed by atoms with van der Waals surface area (Å²) < 4.78 is 0. The van der Waals surface area contributed by atoms with Gasteiger partial charge < -0.3 is 16.0 Å². The van der Waals surface area contributed by atoms with Gasteiger partial charge in [-0.25, -0.2) is 0 Å². The summed E-state index contributed by atoms with van der Waals surface area (Å²) >= 11 is 5.35. The molecule has 1 saturated heterocycles. The Morgan fingerprint density at radius 2 is 2.05 bits per heavy atom. The lowest BCUT2D eigenvalue weighted by molar-refractivity contribution is 0.428. The maximum Gasteiger partial charge on any atom is 0.189 e. The van der Waals surface area contributed by atoms with Crippen molar-refractivity contribution in [1.29, 1.82) is 0 Å². The van der Waals surface area contributed by atoms with E-state index in [2.05, 4.69) is 20.7 Å². The standard InChI is InChI=1S/C13H21N5S/c14-12(11-7-3-4-8-15-11)16-17-13(19)18-9-5-1-2-6-10-18/h3-4,7,15H,1-2,5-6,8-10H2,(H2,14,16)(H,17,19). The molecule has 0 radical (unpaired) electrons. The zero-order valence-corrected chi connectivity index (χ0v) is 11.9. The lowest BCUT2D eigenvalue weighted by Gasteiger charge is -2.22. The Morgan fingerprint density at radius 3 is 2.68 bits per heavy atom. The Labute approximate surface area is 119 Å². The molecular weight excluding hydrogens is 258 g/mol. The molecule has 0 spiro atoms. The van der Waals surface area contributed by atoms with Crippen LogP contribution in [0.3, 0.4) is 0 Å². The Morgan fingerprint density at radius 1 is 1.32 bits per heavy atom. The Bertz CT molecular complexity index is 405. The van der Waals surface area contributed by atoms with Crippen molar-refractivity contribution in [3.05, 3.63) is 23.9 Å². The van der Waals surface area contributed by atoms with E-state index in [0.717, 1.165) is 25.3 Å². The second-order valence-corrected chi connectivity index (χ2v) is 5.09. The van der Waals surface area contributed by atoms with Gasteiger partial charge in [0.1, 0.15) is 0 Å². The molecule has 0 aromatic rings. The number of nitrogens with two attached hydrogens (primary N) is 1. The number of nitrogens with one attached hydrogen (secondary N) is 2. The van der Waals surface area contributed by atoms with Crippen LogP contribution in [0.2, 0.25) is 0 Å². The minimum Gasteiger partial charge on any atom is -0.381 e. The molecule has 0 aromatic heterocycles. The van der Waals surface area contributed by atoms with Crippen LogP contribution in [0, 0.1) is 0 Å². The maximum absolute atomic E-state index is 5.90. The number of likely N-dealkylation sites (tertiary alicyclic amines) is 1. The summed E-state index contributed by atoms with van der Waals surface area (Å²) in [5.74, 6) is 0.432. The summed E-state index contributed by atoms with van der Waals surface area (Å²) in [6, 6.07) is 0. The Balaban J connectivity index is 1.87. The van der Waals surface area contributed by atoms with Crippen LogP contribution >= 0.6 is 12.2 Å². The number of amidine groups is 1. The fourth-order valence-corrected chi connectivity index (χ4v) is 2.38. The van der Waals surface area contributed by atoms with Crippen LogP contribution in [0.4, 0.5) is 0 Å². The van der Waals surface area contributed by atoms with E-state index in [0.29, 0.717) is 10.9 Å². The molecule has 2 aliphatic rings. The van der Waals surface area contributed by atoms with Crippen molar-refractivity contribution in [2.24, 2.45) is 10.8 Å². The van der Waals surface area contributed by atoms with Crippen molar-refractivity contribution in [1.82, 2.24) is 15.6 Å². The fraction of sp³-hybridized carbons (Fsp3) is 0.538. The van der Waals surface area contributed by atoms with Crippen molar-refractivity contribution in [3.63, 3.8) is 0 Å². The molecule has 0 bridgehead atoms. The normalized spacial score (nSPS) is 20.3. The topological polar surface area (TPSA) is 65.7 Å². The summed E-state index contributed by atoms with van der Waals surface area (Å²) in [5, 5.41) is 7.97. The summed E-state index contributed by atoms with van der Waals surface area (Å²) in [6.07, 6.45) is 10.8. The van der Waals surface area contributed by atoms with Crippen molar-refractivity contribution in [2.75, 3.05) is 19.6 Å². The smallest absolute Gasteiger partial charge is 0.189 e. The minimum absolute atomic E-state index is 0.432. The van der Waals surface area contributed by atoms with Crippen molar-refractivity contribution in [3.8, 4) is 0 Å². The predicted octanol–water partition coefficient (Wildman–Crippen LogP) is 1.05. The number of nitrogens with zero attached hydrogens (tertiary/aromatic N) is 2. The van der Waals surface area contributed by atoms with E-state index < -0.39 is 0 Å². The third kappa shape index (κ3) is 4.24. The predicted molar refractivity (Wildman–Crippen MR) is 82.6 cm³/mol. The third-order valence-corrected chi connectivity index (χ3v) is 3.60. The van der Waals surface area contributed by atoms with Gasteiger partial charge >= 0.3 is 0 Å². The molecule has 0 atom stereocenters. The highest BCUT2D eigenvalue weighted by Crippen LogP contribution is 2.09. The zero-order valence-electron chi connectivity index (χ0n) is 11.1. The van der Waals surface area contributed by atoms with Gasteiger partial charge in [0, 0.05) is 19.6 Å². The van der Waals surface area contributed by atoms with Gasteiger partial charge in [0.25, 0.3) is 0 Å². The number of hydrogen-bond acceptors (Lipinski definition) is 3. The largest absolute Gasteiger partial charge is 0.381 e. The number of rotatable bonds is 2. The van der Waals surface area contributed by atoms with Crippen molar-refractivity contribution < 1.29 is 0 Å². The van der Waals surface area contributed by atoms with Crippen LogP contribution in [-0.2, 0) is 0 Å². The fourth-order valence-electron chi connectivity index (χ4n) is 2.15. The average molecular weight is 279 g/mol. The monoisotopic (exact) mass is 279 g/mol. The Kier molecular flexibility index (Phi) is 5.20. The summed E-state index contributed by atoms with van der Waals surface area (Å²) in [5.41, 5.74) is 9.62. The van der Waals surface area contributed by atoms with Crippen LogP contribution in [0.1, 0.15) is 25.7 Å². The van der Waals surface area contributed by atoms with E-state index in [4.69, 9.17) is 18.0 Å². The molecule has 1 fully saturated rings. The lowest BCUT2D eigenvalue weighted by Crippen LogP contribution is -2.39. The summed E-state index contributed by atoms with van der Waals surface area (Å²) in [4.78, 5) is 2.17. The molecule has 19 heavy (non-hydrogen) atoms. The molecule has 6 heteroatoms. The molecule has 0 aromatic carbocycles. The van der Waals surface area contributed by atoms with Crippen LogP contribution < -0.4 is 16.5 Å². The number of thiocarbonyl (C=S) groups is 1. The molecule has 104 valence electrons. The molecular formula is C13H21N5S. The lowest BCUT2D eigenvalue weighted by atomic mass is 10.2. The minimum atomic E-state index is 0.432. The van der Waals surface area contributed by atoms with E-state index in [1.807, 2.05) is 18.2 Å². The van der Waals surface area contributed by atoms with Crippen molar-refractivity contribution in [2.45, 2.75) is 25.7 Å². The Hall–Kier alpha value is -1.56. The summed E-state index contributed by atoms with van der Waals surface area (Å²) in [6.45, 7) is 2.79. The molecule has 2 heterocycles. The first-order valence-corrected chi connectivity index (χ1v) is 7.17. The van der Waals surface area contributed by atoms with Gasteiger partial charge in [0.05, 0.1) is 5.70 Å². The zero-order chi connectivity index (χ0) is 13.5. The van der Waals surface area contributed by atoms with Gasteiger partial charge in [-0.1, -0.05) is 25.0 Å². The first kappa shape index (κ1) is 13.9. The van der Waals surface area contributed by atoms with Gasteiger partial charge in [-0.05, 0) is 31.1 Å². The number of hydrogen-bond donors (Lipinski definition) is 3. The van der Waals surface area contributed by atoms with Gasteiger partial charge in [0.15, 0.2) is 10.9 Å². The molecule has 5 nitrogen and oxygen atoms in total. The third-order valence-electron chi connectivity index (χ3n) is 3.25. The van der Waals surface area contributed by atoms with Crippen LogP contribution in [0.15, 0.2) is 29.0 Å².